The molecule has 0 aliphatic carbocycles. The normalized spacial score (nSPS) is 22.1. The molecule has 3 unspecified atom stereocenters. The number of ether oxygens (including phenoxy) is 1. The number of nitrogens with one attached hydrogen (secondary N) is 2. The highest BCUT2D eigenvalue weighted by molar-refractivity contribution is 7.89. The molecule has 28 heavy (non-hydrogen) atoms. The first kappa shape index (κ1) is 20.5. The summed E-state index contributed by atoms with van der Waals surface area (Å²) in [5.41, 5.74) is 2.48. The summed E-state index contributed by atoms with van der Waals surface area (Å²) >= 11 is 0. The minimum atomic E-state index is -3.66. The fourth-order valence-electron chi connectivity index (χ4n) is 3.04. The molecule has 3 N–H and O–H groups in total. The summed E-state index contributed by atoms with van der Waals surface area (Å²) in [6, 6.07) is 15.5. The maximum absolute atomic E-state index is 12.4. The first-order valence-corrected chi connectivity index (χ1v) is 10.5. The highest BCUT2D eigenvalue weighted by Gasteiger charge is 2.36. The van der Waals surface area contributed by atoms with Crippen LogP contribution in [0.4, 0.5) is 0 Å². The number of benzene rings is 2. The summed E-state index contributed by atoms with van der Waals surface area (Å²) in [7, 11) is -3.66. The molecule has 8 heteroatoms. The summed E-state index contributed by atoms with van der Waals surface area (Å²) in [6.07, 6.45) is -1.48. The Bertz CT molecular complexity index is 954. The first-order chi connectivity index (χ1) is 13.4. The van der Waals surface area contributed by atoms with Crippen LogP contribution in [0.1, 0.15) is 16.7 Å². The molecule has 0 amide bonds. The lowest BCUT2D eigenvalue weighted by Crippen LogP contribution is -2.44. The van der Waals surface area contributed by atoms with Gasteiger partial charge in [-0.05, 0) is 36.8 Å². The molecule has 0 spiro atoms. The molecular formula is C20H23N3O4S. The number of rotatable bonds is 7. The van der Waals surface area contributed by atoms with E-state index in [0.29, 0.717) is 12.1 Å². The summed E-state index contributed by atoms with van der Waals surface area (Å²) in [5.74, 6) is 0. The Kier molecular flexibility index (Phi) is 6.44. The lowest BCUT2D eigenvalue weighted by Gasteiger charge is -2.19. The number of aliphatic hydroxyl groups excluding tert-OH is 1. The van der Waals surface area contributed by atoms with E-state index in [9.17, 15) is 13.5 Å². The van der Waals surface area contributed by atoms with Crippen molar-refractivity contribution in [2.75, 3.05) is 13.2 Å². The van der Waals surface area contributed by atoms with E-state index in [0.717, 1.165) is 11.1 Å². The van der Waals surface area contributed by atoms with Crippen LogP contribution in [0.3, 0.4) is 0 Å². The molecule has 7 nitrogen and oxygen atoms in total. The molecule has 0 saturated carbocycles. The maximum Gasteiger partial charge on any atom is 0.240 e. The molecule has 1 aliphatic rings. The van der Waals surface area contributed by atoms with Crippen LogP contribution in [0.2, 0.25) is 0 Å². The zero-order valence-corrected chi connectivity index (χ0v) is 16.3. The van der Waals surface area contributed by atoms with E-state index >= 15 is 0 Å². The van der Waals surface area contributed by atoms with Gasteiger partial charge in [-0.3, -0.25) is 0 Å². The molecule has 3 rings (SSSR count). The molecule has 0 bridgehead atoms. The molecule has 0 aromatic heterocycles. The van der Waals surface area contributed by atoms with Crippen molar-refractivity contribution in [2.45, 2.75) is 36.6 Å². The highest BCUT2D eigenvalue weighted by Crippen LogP contribution is 2.16. The second-order valence-electron chi connectivity index (χ2n) is 6.83. The lowest BCUT2D eigenvalue weighted by atomic mass is 10.1. The number of hydrogen-bond acceptors (Lipinski definition) is 6. The topological polar surface area (TPSA) is 111 Å². The van der Waals surface area contributed by atoms with Crippen molar-refractivity contribution in [3.8, 4) is 6.07 Å². The average Bonchev–Trinajstić information content (AvgIpc) is 3.05. The second kappa shape index (κ2) is 8.82. The summed E-state index contributed by atoms with van der Waals surface area (Å²) in [5, 5.41) is 22.6. The summed E-state index contributed by atoms with van der Waals surface area (Å²) in [4.78, 5) is 0.178. The largest absolute Gasteiger partial charge is 0.389 e. The van der Waals surface area contributed by atoms with Gasteiger partial charge in [0.25, 0.3) is 0 Å². The van der Waals surface area contributed by atoms with Crippen molar-refractivity contribution >= 4 is 10.0 Å². The Balaban J connectivity index is 1.53. The van der Waals surface area contributed by atoms with Crippen LogP contribution < -0.4 is 10.0 Å². The van der Waals surface area contributed by atoms with Gasteiger partial charge >= 0.3 is 0 Å². The predicted octanol–water partition coefficient (Wildman–Crippen LogP) is 1.06. The smallest absolute Gasteiger partial charge is 0.240 e. The van der Waals surface area contributed by atoms with Gasteiger partial charge in [-0.25, -0.2) is 13.1 Å². The van der Waals surface area contributed by atoms with Gasteiger partial charge in [0, 0.05) is 13.1 Å². The van der Waals surface area contributed by atoms with Gasteiger partial charge in [0.2, 0.25) is 10.0 Å². The van der Waals surface area contributed by atoms with Crippen LogP contribution in [0.15, 0.2) is 53.4 Å². The summed E-state index contributed by atoms with van der Waals surface area (Å²) in [6.45, 7) is 2.62. The Labute approximate surface area is 165 Å². The van der Waals surface area contributed by atoms with Gasteiger partial charge in [0.15, 0.2) is 0 Å². The van der Waals surface area contributed by atoms with E-state index in [1.54, 1.807) is 42.5 Å². The molecule has 1 heterocycles. The predicted molar refractivity (Wildman–Crippen MR) is 104 cm³/mol. The molecule has 2 aromatic rings. The Morgan fingerprint density at radius 1 is 1.25 bits per heavy atom. The van der Waals surface area contributed by atoms with E-state index in [1.807, 2.05) is 13.0 Å². The van der Waals surface area contributed by atoms with Gasteiger partial charge in [-0.15, -0.1) is 0 Å². The van der Waals surface area contributed by atoms with E-state index in [-0.39, 0.29) is 24.1 Å². The fraction of sp³-hybridized carbons (Fsp3) is 0.350. The second-order valence-corrected chi connectivity index (χ2v) is 8.59. The number of sulfonamides is 1. The quantitative estimate of drug-likeness (QED) is 0.640. The van der Waals surface area contributed by atoms with Gasteiger partial charge in [0.1, 0.15) is 0 Å². The van der Waals surface area contributed by atoms with Crippen LogP contribution in [0, 0.1) is 18.3 Å². The number of hydrogen-bond donors (Lipinski definition) is 3. The minimum absolute atomic E-state index is 0.0144. The van der Waals surface area contributed by atoms with Crippen molar-refractivity contribution in [1.29, 1.82) is 5.26 Å². The molecule has 1 saturated heterocycles. The number of aryl methyl sites for hydroxylation is 1. The Morgan fingerprint density at radius 2 is 2.00 bits per heavy atom. The number of nitriles is 1. The number of aliphatic hydroxyl groups is 1. The molecule has 148 valence electrons. The minimum Gasteiger partial charge on any atom is -0.389 e. The van der Waals surface area contributed by atoms with Crippen molar-refractivity contribution < 1.29 is 18.3 Å². The lowest BCUT2D eigenvalue weighted by molar-refractivity contribution is 0.0443. The zero-order chi connectivity index (χ0) is 20.1. The van der Waals surface area contributed by atoms with Gasteiger partial charge < -0.3 is 15.2 Å². The third-order valence-corrected chi connectivity index (χ3v) is 6.15. The van der Waals surface area contributed by atoms with Gasteiger partial charge in [-0.2, -0.15) is 5.26 Å². The third-order valence-electron chi connectivity index (χ3n) is 4.71. The first-order valence-electron chi connectivity index (χ1n) is 8.97. The van der Waals surface area contributed by atoms with Crippen molar-refractivity contribution in [1.82, 2.24) is 10.0 Å². The van der Waals surface area contributed by atoms with E-state index < -0.39 is 22.2 Å². The maximum atomic E-state index is 12.4. The molecule has 1 aliphatic heterocycles. The van der Waals surface area contributed by atoms with E-state index in [1.165, 1.54) is 0 Å². The average molecular weight is 401 g/mol. The van der Waals surface area contributed by atoms with Crippen molar-refractivity contribution in [2.24, 2.45) is 0 Å². The molecule has 0 radical (unpaired) electrons. The van der Waals surface area contributed by atoms with Gasteiger partial charge in [-0.1, -0.05) is 29.8 Å². The van der Waals surface area contributed by atoms with Crippen LogP contribution >= 0.6 is 0 Å². The van der Waals surface area contributed by atoms with Crippen molar-refractivity contribution in [3.63, 3.8) is 0 Å². The Hall–Kier alpha value is -2.28. The monoisotopic (exact) mass is 401 g/mol. The van der Waals surface area contributed by atoms with Crippen LogP contribution in [-0.4, -0.2) is 44.9 Å². The standard InChI is InChI=1S/C20H23N3O4S/c1-14-5-7-17(8-6-14)28(25,26)23-12-19-20(24)18(13-27-19)22-11-16-4-2-3-15(9-16)10-21/h2-9,18-20,22-24H,11-13H2,1H3. The molecule has 2 aromatic carbocycles. The SMILES string of the molecule is Cc1ccc(S(=O)(=O)NCC2OCC(NCc3cccc(C#N)c3)C2O)cc1. The summed E-state index contributed by atoms with van der Waals surface area (Å²) < 4.78 is 32.8. The number of nitrogens with zero attached hydrogens (tertiary/aromatic N) is 1. The van der Waals surface area contributed by atoms with Gasteiger partial charge in [0.05, 0.1) is 41.4 Å². The van der Waals surface area contributed by atoms with Crippen LogP contribution in [-0.2, 0) is 21.3 Å². The highest BCUT2D eigenvalue weighted by atomic mass is 32.2. The van der Waals surface area contributed by atoms with E-state index in [2.05, 4.69) is 16.1 Å². The van der Waals surface area contributed by atoms with Crippen molar-refractivity contribution in [3.05, 3.63) is 65.2 Å². The van der Waals surface area contributed by atoms with Crippen LogP contribution in [0.25, 0.3) is 0 Å². The zero-order valence-electron chi connectivity index (χ0n) is 15.5. The Morgan fingerprint density at radius 3 is 2.71 bits per heavy atom. The molecule has 1 fully saturated rings. The van der Waals surface area contributed by atoms with Crippen LogP contribution in [0.5, 0.6) is 0 Å². The third kappa shape index (κ3) is 4.95. The fourth-order valence-corrected chi connectivity index (χ4v) is 4.08. The van der Waals surface area contributed by atoms with E-state index in [4.69, 9.17) is 10.00 Å². The molecule has 3 atom stereocenters. The molecular weight excluding hydrogens is 378 g/mol.